The Labute approximate surface area is 136 Å². The number of pyridine rings is 1. The first-order valence-electron chi connectivity index (χ1n) is 7.65. The third kappa shape index (κ3) is 4.79. The molecule has 2 rings (SSSR count). The average molecular weight is 314 g/mol. The molecule has 0 aliphatic heterocycles. The Balaban J connectivity index is 2.06. The molecule has 0 aliphatic carbocycles. The molecule has 1 heterocycles. The molecule has 23 heavy (non-hydrogen) atoms. The molecule has 2 aromatic rings. The van der Waals surface area contributed by atoms with Gasteiger partial charge in [-0.2, -0.15) is 0 Å². The molecule has 0 atom stereocenters. The summed E-state index contributed by atoms with van der Waals surface area (Å²) in [6, 6.07) is 10.8. The topological polar surface area (TPSA) is 71.5 Å². The molecule has 122 valence electrons. The van der Waals surface area contributed by atoms with Crippen LogP contribution in [0.4, 0.5) is 0 Å². The second kappa shape index (κ2) is 8.29. The van der Waals surface area contributed by atoms with Crippen LogP contribution in [0.3, 0.4) is 0 Å². The van der Waals surface area contributed by atoms with Gasteiger partial charge in [0.25, 0.3) is 5.91 Å². The summed E-state index contributed by atoms with van der Waals surface area (Å²) in [4.78, 5) is 16.5. The van der Waals surface area contributed by atoms with Crippen molar-refractivity contribution < 1.29 is 14.6 Å². The number of aliphatic hydroxyl groups excluding tert-OH is 1. The zero-order valence-corrected chi connectivity index (χ0v) is 13.5. The summed E-state index contributed by atoms with van der Waals surface area (Å²) in [6.45, 7) is 4.86. The van der Waals surface area contributed by atoms with Gasteiger partial charge in [-0.25, -0.2) is 4.98 Å². The maximum Gasteiger partial charge on any atom is 0.257 e. The molecule has 0 spiro atoms. The Bertz CT molecular complexity index is 656. The van der Waals surface area contributed by atoms with Crippen LogP contribution in [0.25, 0.3) is 0 Å². The minimum atomic E-state index is -0.246. The molecule has 2 N–H and O–H groups in total. The van der Waals surface area contributed by atoms with Crippen LogP contribution >= 0.6 is 0 Å². The average Bonchev–Trinajstić information content (AvgIpc) is 2.58. The Kier molecular flexibility index (Phi) is 6.11. The third-order valence-corrected chi connectivity index (χ3v) is 3.30. The molecule has 0 unspecified atom stereocenters. The van der Waals surface area contributed by atoms with Crippen LogP contribution in [0.5, 0.6) is 5.88 Å². The summed E-state index contributed by atoms with van der Waals surface area (Å²) in [5.41, 5.74) is 2.10. The largest absolute Gasteiger partial charge is 0.477 e. The summed E-state index contributed by atoms with van der Waals surface area (Å²) < 4.78 is 5.60. The van der Waals surface area contributed by atoms with E-state index < -0.39 is 0 Å². The van der Waals surface area contributed by atoms with Crippen LogP contribution in [0.2, 0.25) is 0 Å². The van der Waals surface area contributed by atoms with Crippen molar-refractivity contribution in [1.82, 2.24) is 10.3 Å². The molecule has 0 aliphatic rings. The van der Waals surface area contributed by atoms with Crippen LogP contribution < -0.4 is 10.1 Å². The van der Waals surface area contributed by atoms with Crippen molar-refractivity contribution in [3.63, 3.8) is 0 Å². The van der Waals surface area contributed by atoms with Gasteiger partial charge in [0.1, 0.15) is 5.56 Å². The fourth-order valence-corrected chi connectivity index (χ4v) is 2.08. The van der Waals surface area contributed by atoms with Gasteiger partial charge < -0.3 is 15.2 Å². The molecule has 0 saturated heterocycles. The molecule has 1 amide bonds. The molecule has 0 radical (unpaired) electrons. The molecule has 1 aromatic heterocycles. The van der Waals surface area contributed by atoms with Crippen molar-refractivity contribution in [2.24, 2.45) is 5.92 Å². The summed E-state index contributed by atoms with van der Waals surface area (Å²) >= 11 is 0. The molecule has 0 saturated carbocycles. The van der Waals surface area contributed by atoms with Crippen molar-refractivity contribution in [1.29, 1.82) is 0 Å². The molecular weight excluding hydrogens is 292 g/mol. The predicted octanol–water partition coefficient (Wildman–Crippen LogP) is 2.54. The lowest BCUT2D eigenvalue weighted by Gasteiger charge is -2.13. The van der Waals surface area contributed by atoms with E-state index in [0.717, 1.165) is 11.1 Å². The second-order valence-electron chi connectivity index (χ2n) is 5.67. The summed E-state index contributed by atoms with van der Waals surface area (Å²) in [5.74, 6) is 0.447. The van der Waals surface area contributed by atoms with E-state index in [9.17, 15) is 9.90 Å². The molecule has 0 fully saturated rings. The fourth-order valence-electron chi connectivity index (χ4n) is 2.08. The number of benzene rings is 1. The van der Waals surface area contributed by atoms with E-state index in [1.165, 1.54) is 0 Å². The number of carbonyl (C=O) groups excluding carboxylic acids is 1. The van der Waals surface area contributed by atoms with Crippen molar-refractivity contribution in [2.45, 2.75) is 27.0 Å². The smallest absolute Gasteiger partial charge is 0.257 e. The summed E-state index contributed by atoms with van der Waals surface area (Å²) in [7, 11) is 0. The minimum absolute atomic E-state index is 0.0539. The van der Waals surface area contributed by atoms with E-state index in [4.69, 9.17) is 4.74 Å². The number of nitrogens with zero attached hydrogens (tertiary/aromatic N) is 1. The molecule has 0 bridgehead atoms. The molecule has 5 heteroatoms. The van der Waals surface area contributed by atoms with Gasteiger partial charge in [-0.1, -0.05) is 38.1 Å². The maximum atomic E-state index is 12.4. The van der Waals surface area contributed by atoms with Crippen LogP contribution in [0.15, 0.2) is 42.6 Å². The lowest BCUT2D eigenvalue weighted by molar-refractivity contribution is 0.0944. The Hall–Kier alpha value is -2.40. The standard InChI is InChI=1S/C18H22N2O3/c1-13(2)12-23-18-16(8-5-9-19-18)17(22)20-10-14-6-3-4-7-15(14)11-21/h3-9,13,21H,10-12H2,1-2H3,(H,20,22). The van der Waals surface area contributed by atoms with Gasteiger partial charge in [0.15, 0.2) is 0 Å². The van der Waals surface area contributed by atoms with Crippen LogP contribution in [0, 0.1) is 5.92 Å². The number of carbonyl (C=O) groups is 1. The van der Waals surface area contributed by atoms with Gasteiger partial charge in [0.05, 0.1) is 13.2 Å². The van der Waals surface area contributed by atoms with E-state index in [2.05, 4.69) is 10.3 Å². The minimum Gasteiger partial charge on any atom is -0.477 e. The number of aromatic nitrogens is 1. The van der Waals surface area contributed by atoms with Gasteiger partial charge in [0.2, 0.25) is 5.88 Å². The van der Waals surface area contributed by atoms with Crippen LogP contribution in [-0.4, -0.2) is 22.6 Å². The van der Waals surface area contributed by atoms with Gasteiger partial charge in [-0.05, 0) is 29.2 Å². The predicted molar refractivity (Wildman–Crippen MR) is 88.1 cm³/mol. The zero-order valence-electron chi connectivity index (χ0n) is 13.5. The van der Waals surface area contributed by atoms with E-state index in [1.807, 2.05) is 38.1 Å². The maximum absolute atomic E-state index is 12.4. The summed E-state index contributed by atoms with van der Waals surface area (Å²) in [6.07, 6.45) is 1.60. The number of nitrogens with one attached hydrogen (secondary N) is 1. The number of aliphatic hydroxyl groups is 1. The molecule has 5 nitrogen and oxygen atoms in total. The highest BCUT2D eigenvalue weighted by atomic mass is 16.5. The van der Waals surface area contributed by atoms with Gasteiger partial charge in [0, 0.05) is 12.7 Å². The molecular formula is C18H22N2O3. The van der Waals surface area contributed by atoms with Gasteiger partial charge in [-0.3, -0.25) is 4.79 Å². The normalized spacial score (nSPS) is 10.6. The highest BCUT2D eigenvalue weighted by Crippen LogP contribution is 2.16. The first kappa shape index (κ1) is 17.0. The SMILES string of the molecule is CC(C)COc1ncccc1C(=O)NCc1ccccc1CO. The monoisotopic (exact) mass is 314 g/mol. The highest BCUT2D eigenvalue weighted by Gasteiger charge is 2.14. The van der Waals surface area contributed by atoms with Crippen molar-refractivity contribution in [3.05, 3.63) is 59.3 Å². The van der Waals surface area contributed by atoms with Crippen LogP contribution in [-0.2, 0) is 13.2 Å². The number of rotatable bonds is 7. The van der Waals surface area contributed by atoms with Crippen LogP contribution in [0.1, 0.15) is 35.3 Å². The number of hydrogen-bond donors (Lipinski definition) is 2. The first-order valence-corrected chi connectivity index (χ1v) is 7.65. The van der Waals surface area contributed by atoms with E-state index in [-0.39, 0.29) is 12.5 Å². The van der Waals surface area contributed by atoms with Crippen molar-refractivity contribution in [2.75, 3.05) is 6.61 Å². The summed E-state index contributed by atoms with van der Waals surface area (Å²) in [5, 5.41) is 12.2. The lowest BCUT2D eigenvalue weighted by atomic mass is 10.1. The Morgan fingerprint density at radius 1 is 1.22 bits per heavy atom. The van der Waals surface area contributed by atoms with Crippen molar-refractivity contribution in [3.8, 4) is 5.88 Å². The van der Waals surface area contributed by atoms with E-state index in [1.54, 1.807) is 18.3 Å². The second-order valence-corrected chi connectivity index (χ2v) is 5.67. The number of hydrogen-bond acceptors (Lipinski definition) is 4. The Morgan fingerprint density at radius 2 is 1.96 bits per heavy atom. The van der Waals surface area contributed by atoms with E-state index >= 15 is 0 Å². The fraction of sp³-hybridized carbons (Fsp3) is 0.333. The highest BCUT2D eigenvalue weighted by molar-refractivity contribution is 5.96. The first-order chi connectivity index (χ1) is 11.1. The van der Waals surface area contributed by atoms with Gasteiger partial charge in [-0.15, -0.1) is 0 Å². The lowest BCUT2D eigenvalue weighted by Crippen LogP contribution is -2.24. The number of amides is 1. The third-order valence-electron chi connectivity index (χ3n) is 3.30. The molecule has 1 aromatic carbocycles. The van der Waals surface area contributed by atoms with Crippen molar-refractivity contribution >= 4 is 5.91 Å². The van der Waals surface area contributed by atoms with E-state index in [0.29, 0.717) is 30.5 Å². The Morgan fingerprint density at radius 3 is 2.65 bits per heavy atom. The number of ether oxygens (including phenoxy) is 1. The quantitative estimate of drug-likeness (QED) is 0.824. The zero-order chi connectivity index (χ0) is 16.7. The van der Waals surface area contributed by atoms with Gasteiger partial charge >= 0.3 is 0 Å².